The summed E-state index contributed by atoms with van der Waals surface area (Å²) in [5.41, 5.74) is 3.25. The molecule has 2 heterocycles. The topological polar surface area (TPSA) is 50.2 Å². The number of carbonyl (C=O) groups excluding carboxylic acids is 1. The molecular formula is C17H31ClN4O. The van der Waals surface area contributed by atoms with Crippen molar-refractivity contribution >= 4 is 18.3 Å². The predicted octanol–water partition coefficient (Wildman–Crippen LogP) is 2.33. The molecule has 1 atom stereocenters. The van der Waals surface area contributed by atoms with Crippen molar-refractivity contribution < 1.29 is 4.79 Å². The molecule has 23 heavy (non-hydrogen) atoms. The molecule has 1 aliphatic heterocycles. The van der Waals surface area contributed by atoms with Crippen molar-refractivity contribution in [2.24, 2.45) is 5.92 Å². The Bertz CT molecular complexity index is 527. The van der Waals surface area contributed by atoms with Crippen molar-refractivity contribution in [3.05, 3.63) is 17.0 Å². The zero-order valence-electron chi connectivity index (χ0n) is 15.1. The van der Waals surface area contributed by atoms with Crippen LogP contribution in [0.1, 0.15) is 43.6 Å². The minimum atomic E-state index is 0. The van der Waals surface area contributed by atoms with Crippen LogP contribution in [0.3, 0.4) is 0 Å². The summed E-state index contributed by atoms with van der Waals surface area (Å²) >= 11 is 0. The summed E-state index contributed by atoms with van der Waals surface area (Å²) in [6.07, 6.45) is 2.70. The Kier molecular flexibility index (Phi) is 7.55. The molecule has 2 rings (SSSR count). The summed E-state index contributed by atoms with van der Waals surface area (Å²) in [5.74, 6) is 0.799. The fourth-order valence-corrected chi connectivity index (χ4v) is 3.38. The van der Waals surface area contributed by atoms with Gasteiger partial charge in [0.25, 0.3) is 0 Å². The number of nitrogens with zero attached hydrogens (tertiary/aromatic N) is 3. The Labute approximate surface area is 146 Å². The number of aromatic nitrogens is 2. The molecule has 1 aromatic rings. The third-order valence-corrected chi connectivity index (χ3v) is 4.53. The third-order valence-electron chi connectivity index (χ3n) is 4.53. The number of halogens is 1. The minimum Gasteiger partial charge on any atom is -0.338 e. The highest BCUT2D eigenvalue weighted by atomic mass is 35.5. The van der Waals surface area contributed by atoms with Gasteiger partial charge in [-0.25, -0.2) is 0 Å². The molecule has 0 saturated carbocycles. The fraction of sp³-hybridized carbons (Fsp3) is 0.765. The van der Waals surface area contributed by atoms with Crippen LogP contribution in [0.4, 0.5) is 0 Å². The summed E-state index contributed by atoms with van der Waals surface area (Å²) in [5, 5.41) is 7.82. The third kappa shape index (κ3) is 4.70. The smallest absolute Gasteiger partial charge is 0.227 e. The second-order valence-electron chi connectivity index (χ2n) is 6.84. The fourth-order valence-electron chi connectivity index (χ4n) is 3.38. The highest BCUT2D eigenvalue weighted by Crippen LogP contribution is 2.21. The van der Waals surface area contributed by atoms with Crippen LogP contribution in [0.5, 0.6) is 0 Å². The van der Waals surface area contributed by atoms with Crippen LogP contribution in [0, 0.1) is 19.8 Å². The molecule has 1 amide bonds. The van der Waals surface area contributed by atoms with Gasteiger partial charge in [-0.3, -0.25) is 9.48 Å². The van der Waals surface area contributed by atoms with E-state index in [0.29, 0.717) is 18.4 Å². The van der Waals surface area contributed by atoms with Crippen LogP contribution in [0.15, 0.2) is 0 Å². The zero-order valence-corrected chi connectivity index (χ0v) is 15.9. The van der Waals surface area contributed by atoms with Gasteiger partial charge in [-0.2, -0.15) is 5.10 Å². The number of aryl methyl sites for hydroxylation is 1. The van der Waals surface area contributed by atoms with Gasteiger partial charge in [-0.05, 0) is 39.7 Å². The van der Waals surface area contributed by atoms with Crippen molar-refractivity contribution in [3.8, 4) is 0 Å². The monoisotopic (exact) mass is 342 g/mol. The van der Waals surface area contributed by atoms with Crippen LogP contribution in [0.2, 0.25) is 0 Å². The van der Waals surface area contributed by atoms with Crippen molar-refractivity contribution in [2.75, 3.05) is 20.1 Å². The molecule has 1 aliphatic rings. The lowest BCUT2D eigenvalue weighted by Gasteiger charge is -2.24. The van der Waals surface area contributed by atoms with Crippen LogP contribution in [-0.4, -0.2) is 46.8 Å². The Morgan fingerprint density at radius 1 is 1.39 bits per heavy atom. The number of rotatable bonds is 6. The van der Waals surface area contributed by atoms with Gasteiger partial charge in [-0.15, -0.1) is 12.4 Å². The molecule has 1 saturated heterocycles. The first-order valence-corrected chi connectivity index (χ1v) is 8.41. The van der Waals surface area contributed by atoms with Gasteiger partial charge in [0.05, 0.1) is 12.1 Å². The quantitative estimate of drug-likeness (QED) is 0.863. The lowest BCUT2D eigenvalue weighted by molar-refractivity contribution is -0.131. The van der Waals surface area contributed by atoms with Crippen molar-refractivity contribution in [1.29, 1.82) is 0 Å². The van der Waals surface area contributed by atoms with E-state index in [4.69, 9.17) is 0 Å². The predicted molar refractivity (Wildman–Crippen MR) is 96.2 cm³/mol. The molecule has 0 spiro atoms. The molecular weight excluding hydrogens is 312 g/mol. The van der Waals surface area contributed by atoms with E-state index in [1.807, 2.05) is 14.0 Å². The molecule has 0 bridgehead atoms. The summed E-state index contributed by atoms with van der Waals surface area (Å²) in [7, 11) is 1.95. The number of hydrogen-bond donors (Lipinski definition) is 1. The number of likely N-dealkylation sites (N-methyl/N-ethyl adjacent to an activating group) is 1. The Balaban J connectivity index is 0.00000264. The van der Waals surface area contributed by atoms with Crippen molar-refractivity contribution in [1.82, 2.24) is 20.0 Å². The number of nitrogens with one attached hydrogen (secondary N) is 1. The first-order chi connectivity index (χ1) is 10.4. The number of likely N-dealkylation sites (tertiary alicyclic amines) is 1. The Morgan fingerprint density at radius 2 is 2.09 bits per heavy atom. The number of hydrogen-bond acceptors (Lipinski definition) is 3. The first kappa shape index (κ1) is 20.0. The average molecular weight is 343 g/mol. The molecule has 132 valence electrons. The summed E-state index contributed by atoms with van der Waals surface area (Å²) < 4.78 is 2.05. The molecule has 1 fully saturated rings. The largest absolute Gasteiger partial charge is 0.338 e. The SMILES string of the molecule is CNCC1CCCN1C(=O)Cc1c(C)nn(CC(C)C)c1C.Cl. The van der Waals surface area contributed by atoms with E-state index in [9.17, 15) is 4.79 Å². The van der Waals surface area contributed by atoms with Crippen LogP contribution in [0.25, 0.3) is 0 Å². The van der Waals surface area contributed by atoms with Gasteiger partial charge in [0.2, 0.25) is 5.91 Å². The van der Waals surface area contributed by atoms with E-state index in [-0.39, 0.29) is 18.3 Å². The molecule has 1 unspecified atom stereocenters. The second-order valence-corrected chi connectivity index (χ2v) is 6.84. The molecule has 5 nitrogen and oxygen atoms in total. The maximum Gasteiger partial charge on any atom is 0.227 e. The maximum absolute atomic E-state index is 12.7. The Hall–Kier alpha value is -1.07. The average Bonchev–Trinajstić information content (AvgIpc) is 2.99. The molecule has 1 N–H and O–H groups in total. The van der Waals surface area contributed by atoms with Crippen LogP contribution >= 0.6 is 12.4 Å². The number of amides is 1. The normalized spacial score (nSPS) is 17.7. The highest BCUT2D eigenvalue weighted by Gasteiger charge is 2.29. The summed E-state index contributed by atoms with van der Waals surface area (Å²) in [6, 6.07) is 0.351. The van der Waals surface area contributed by atoms with Gasteiger partial charge in [0.15, 0.2) is 0 Å². The second kappa shape index (κ2) is 8.69. The zero-order chi connectivity index (χ0) is 16.3. The van der Waals surface area contributed by atoms with Gasteiger partial charge in [0, 0.05) is 36.9 Å². The molecule has 0 aromatic carbocycles. The molecule has 1 aromatic heterocycles. The van der Waals surface area contributed by atoms with E-state index in [2.05, 4.69) is 40.8 Å². The van der Waals surface area contributed by atoms with Gasteiger partial charge >= 0.3 is 0 Å². The first-order valence-electron chi connectivity index (χ1n) is 8.41. The lowest BCUT2D eigenvalue weighted by atomic mass is 10.1. The highest BCUT2D eigenvalue weighted by molar-refractivity contribution is 5.85. The van der Waals surface area contributed by atoms with Crippen LogP contribution in [-0.2, 0) is 17.8 Å². The standard InChI is InChI=1S/C17H30N4O.ClH/c1-12(2)11-21-14(4)16(13(3)19-21)9-17(22)20-8-6-7-15(20)10-18-5;/h12,15,18H,6-11H2,1-5H3;1H. The van der Waals surface area contributed by atoms with E-state index in [0.717, 1.165) is 49.4 Å². The summed E-state index contributed by atoms with van der Waals surface area (Å²) in [4.78, 5) is 14.7. The van der Waals surface area contributed by atoms with Gasteiger partial charge in [-0.1, -0.05) is 13.8 Å². The minimum absolute atomic E-state index is 0. The van der Waals surface area contributed by atoms with Crippen molar-refractivity contribution in [2.45, 2.75) is 59.5 Å². The molecule has 0 aliphatic carbocycles. The Morgan fingerprint density at radius 3 is 2.70 bits per heavy atom. The maximum atomic E-state index is 12.7. The van der Waals surface area contributed by atoms with Crippen molar-refractivity contribution in [3.63, 3.8) is 0 Å². The molecule has 0 radical (unpaired) electrons. The summed E-state index contributed by atoms with van der Waals surface area (Å²) in [6.45, 7) is 11.2. The van der Waals surface area contributed by atoms with Gasteiger partial charge < -0.3 is 10.2 Å². The van der Waals surface area contributed by atoms with E-state index in [1.54, 1.807) is 0 Å². The number of carbonyl (C=O) groups is 1. The van der Waals surface area contributed by atoms with E-state index < -0.39 is 0 Å². The van der Waals surface area contributed by atoms with Gasteiger partial charge in [0.1, 0.15) is 0 Å². The van der Waals surface area contributed by atoms with E-state index >= 15 is 0 Å². The van der Waals surface area contributed by atoms with E-state index in [1.165, 1.54) is 0 Å². The lowest BCUT2D eigenvalue weighted by Crippen LogP contribution is -2.41. The molecule has 6 heteroatoms. The van der Waals surface area contributed by atoms with Crippen LogP contribution < -0.4 is 5.32 Å².